The number of hydrogen-bond donors (Lipinski definition) is 0. The van der Waals surface area contributed by atoms with Crippen molar-refractivity contribution < 1.29 is 9.47 Å². The second kappa shape index (κ2) is 3.58. The molecule has 0 bridgehead atoms. The molecular formula is C9H11ClO2S. The first-order chi connectivity index (χ1) is 6.21. The van der Waals surface area contributed by atoms with Crippen LogP contribution in [0.1, 0.15) is 18.2 Å². The largest absolute Gasteiger partial charge is 0.345 e. The van der Waals surface area contributed by atoms with Gasteiger partial charge in [0.2, 0.25) is 5.79 Å². The Morgan fingerprint density at radius 2 is 2.08 bits per heavy atom. The fourth-order valence-electron chi connectivity index (χ4n) is 1.34. The van der Waals surface area contributed by atoms with E-state index in [1.54, 1.807) is 0 Å². The van der Waals surface area contributed by atoms with E-state index in [1.165, 1.54) is 11.3 Å². The van der Waals surface area contributed by atoms with Crippen LogP contribution >= 0.6 is 22.9 Å². The summed E-state index contributed by atoms with van der Waals surface area (Å²) in [4.78, 5) is 1.04. The number of ether oxygens (including phenoxy) is 2. The van der Waals surface area contributed by atoms with Gasteiger partial charge >= 0.3 is 0 Å². The second-order valence-corrected chi connectivity index (χ2v) is 4.82. The summed E-state index contributed by atoms with van der Waals surface area (Å²) in [6.07, 6.45) is 0.967. The minimum absolute atomic E-state index is 0.573. The summed E-state index contributed by atoms with van der Waals surface area (Å²) >= 11 is 7.36. The Morgan fingerprint density at radius 3 is 2.62 bits per heavy atom. The average molecular weight is 219 g/mol. The molecule has 72 valence electrons. The predicted octanol–water partition coefficient (Wildman–Crippen LogP) is 3.01. The lowest BCUT2D eigenvalue weighted by atomic mass is 10.2. The fourth-order valence-corrected chi connectivity index (χ4v) is 2.43. The van der Waals surface area contributed by atoms with Gasteiger partial charge in [-0.2, -0.15) is 0 Å². The van der Waals surface area contributed by atoms with Crippen molar-refractivity contribution >= 4 is 22.9 Å². The van der Waals surface area contributed by atoms with Crippen LogP contribution in [0.25, 0.3) is 0 Å². The van der Waals surface area contributed by atoms with Crippen molar-refractivity contribution in [3.63, 3.8) is 0 Å². The average Bonchev–Trinajstić information content (AvgIpc) is 2.54. The topological polar surface area (TPSA) is 18.5 Å². The van der Waals surface area contributed by atoms with E-state index < -0.39 is 5.79 Å². The Morgan fingerprint density at radius 1 is 1.38 bits per heavy atom. The van der Waals surface area contributed by atoms with Crippen molar-refractivity contribution in [3.8, 4) is 0 Å². The van der Waals surface area contributed by atoms with Gasteiger partial charge in [-0.05, 0) is 25.5 Å². The highest BCUT2D eigenvalue weighted by atomic mass is 35.5. The maximum Gasteiger partial charge on any atom is 0.201 e. The molecule has 4 heteroatoms. The van der Waals surface area contributed by atoms with E-state index in [-0.39, 0.29) is 0 Å². The zero-order chi connectivity index (χ0) is 9.31. The van der Waals surface area contributed by atoms with E-state index >= 15 is 0 Å². The van der Waals surface area contributed by atoms with E-state index in [0.29, 0.717) is 0 Å². The molecule has 1 saturated heterocycles. The number of thiophene rings is 1. The van der Waals surface area contributed by atoms with Crippen LogP contribution in [0, 0.1) is 0 Å². The highest BCUT2D eigenvalue weighted by molar-refractivity contribution is 7.16. The second-order valence-electron chi connectivity index (χ2n) is 3.10. The van der Waals surface area contributed by atoms with Gasteiger partial charge in [-0.15, -0.1) is 11.3 Å². The summed E-state index contributed by atoms with van der Waals surface area (Å²) in [5.74, 6) is -0.573. The SMILES string of the molecule is CC1(c2ccc(Cl)s2)OCCCO1. The lowest BCUT2D eigenvalue weighted by molar-refractivity contribution is -0.262. The molecule has 0 spiro atoms. The van der Waals surface area contributed by atoms with Crippen molar-refractivity contribution in [1.82, 2.24) is 0 Å². The van der Waals surface area contributed by atoms with Crippen LogP contribution in [0.4, 0.5) is 0 Å². The molecule has 2 nitrogen and oxygen atoms in total. The van der Waals surface area contributed by atoms with Gasteiger partial charge < -0.3 is 9.47 Å². The standard InChI is InChI=1S/C9H11ClO2S/c1-9(11-5-2-6-12-9)7-3-4-8(10)13-7/h3-4H,2,5-6H2,1H3. The Labute approximate surface area is 86.4 Å². The zero-order valence-corrected chi connectivity index (χ0v) is 8.95. The fraction of sp³-hybridized carbons (Fsp3) is 0.556. The first-order valence-electron chi connectivity index (χ1n) is 4.24. The number of rotatable bonds is 1. The maximum absolute atomic E-state index is 5.85. The first-order valence-corrected chi connectivity index (χ1v) is 5.44. The number of halogens is 1. The summed E-state index contributed by atoms with van der Waals surface area (Å²) in [6.45, 7) is 3.45. The van der Waals surface area contributed by atoms with Gasteiger partial charge in [0.1, 0.15) is 0 Å². The Hall–Kier alpha value is -0.0900. The highest BCUT2D eigenvalue weighted by Crippen LogP contribution is 2.36. The van der Waals surface area contributed by atoms with Crippen molar-refractivity contribution in [2.45, 2.75) is 19.1 Å². The molecule has 1 aliphatic rings. The molecule has 1 aromatic heterocycles. The third-order valence-corrected chi connectivity index (χ3v) is 3.48. The van der Waals surface area contributed by atoms with E-state index in [9.17, 15) is 0 Å². The molecule has 1 fully saturated rings. The summed E-state index contributed by atoms with van der Waals surface area (Å²) in [7, 11) is 0. The lowest BCUT2D eigenvalue weighted by Crippen LogP contribution is -2.34. The molecule has 1 aliphatic heterocycles. The molecule has 0 N–H and O–H groups in total. The van der Waals surface area contributed by atoms with Crippen LogP contribution in [-0.4, -0.2) is 13.2 Å². The molecular weight excluding hydrogens is 208 g/mol. The minimum Gasteiger partial charge on any atom is -0.345 e. The van der Waals surface area contributed by atoms with Crippen LogP contribution in [0.5, 0.6) is 0 Å². The van der Waals surface area contributed by atoms with Crippen LogP contribution < -0.4 is 0 Å². The maximum atomic E-state index is 5.85. The molecule has 1 aromatic rings. The van der Waals surface area contributed by atoms with Crippen molar-refractivity contribution in [2.75, 3.05) is 13.2 Å². The third kappa shape index (κ3) is 1.89. The Kier molecular flexibility index (Phi) is 2.60. The molecule has 0 unspecified atom stereocenters. The quantitative estimate of drug-likeness (QED) is 0.722. The molecule has 13 heavy (non-hydrogen) atoms. The Balaban J connectivity index is 2.22. The van der Waals surface area contributed by atoms with Crippen LogP contribution in [0.2, 0.25) is 4.34 Å². The zero-order valence-electron chi connectivity index (χ0n) is 7.38. The van der Waals surface area contributed by atoms with Crippen LogP contribution in [-0.2, 0) is 15.3 Å². The van der Waals surface area contributed by atoms with Gasteiger partial charge in [0.25, 0.3) is 0 Å². The van der Waals surface area contributed by atoms with Crippen molar-refractivity contribution in [1.29, 1.82) is 0 Å². The first kappa shape index (κ1) is 9.46. The smallest absolute Gasteiger partial charge is 0.201 e. The molecule has 0 radical (unpaired) electrons. The van der Waals surface area contributed by atoms with Crippen molar-refractivity contribution in [2.24, 2.45) is 0 Å². The van der Waals surface area contributed by atoms with Gasteiger partial charge in [0.15, 0.2) is 0 Å². The van der Waals surface area contributed by atoms with E-state index in [1.807, 2.05) is 19.1 Å². The van der Waals surface area contributed by atoms with Crippen LogP contribution in [0.3, 0.4) is 0 Å². The summed E-state index contributed by atoms with van der Waals surface area (Å²) in [6, 6.07) is 3.83. The van der Waals surface area contributed by atoms with Crippen molar-refractivity contribution in [3.05, 3.63) is 21.3 Å². The molecule has 0 atom stereocenters. The Bertz CT molecular complexity index is 292. The molecule has 0 saturated carbocycles. The van der Waals surface area contributed by atoms with E-state index in [0.717, 1.165) is 28.8 Å². The van der Waals surface area contributed by atoms with Gasteiger partial charge in [-0.1, -0.05) is 11.6 Å². The lowest BCUT2D eigenvalue weighted by Gasteiger charge is -2.32. The predicted molar refractivity (Wildman–Crippen MR) is 53.2 cm³/mol. The van der Waals surface area contributed by atoms with E-state index in [4.69, 9.17) is 21.1 Å². The normalized spacial score (nSPS) is 21.7. The minimum atomic E-state index is -0.573. The summed E-state index contributed by atoms with van der Waals surface area (Å²) in [5, 5.41) is 0. The molecule has 0 amide bonds. The van der Waals surface area contributed by atoms with Gasteiger partial charge in [-0.25, -0.2) is 0 Å². The van der Waals surface area contributed by atoms with Gasteiger partial charge in [-0.3, -0.25) is 0 Å². The van der Waals surface area contributed by atoms with E-state index in [2.05, 4.69) is 0 Å². The molecule has 2 heterocycles. The number of hydrogen-bond acceptors (Lipinski definition) is 3. The van der Waals surface area contributed by atoms with Gasteiger partial charge in [0.05, 0.1) is 22.4 Å². The monoisotopic (exact) mass is 218 g/mol. The highest BCUT2D eigenvalue weighted by Gasteiger charge is 2.32. The summed E-state index contributed by atoms with van der Waals surface area (Å²) < 4.78 is 12.0. The molecule has 2 rings (SSSR count). The molecule has 0 aromatic carbocycles. The molecule has 0 aliphatic carbocycles. The third-order valence-electron chi connectivity index (χ3n) is 2.06. The van der Waals surface area contributed by atoms with Crippen LogP contribution in [0.15, 0.2) is 12.1 Å². The van der Waals surface area contributed by atoms with Gasteiger partial charge in [0, 0.05) is 0 Å². The summed E-state index contributed by atoms with van der Waals surface area (Å²) in [5.41, 5.74) is 0.